The Balaban J connectivity index is 2.71. The van der Waals surface area contributed by atoms with E-state index in [9.17, 15) is 34.5 Å². The summed E-state index contributed by atoms with van der Waals surface area (Å²) in [5, 5.41) is 31.5. The molecule has 0 spiro atoms. The number of esters is 3. The van der Waals surface area contributed by atoms with Gasteiger partial charge in [0, 0.05) is 19.3 Å². The molecular formula is C63H108O12. The van der Waals surface area contributed by atoms with E-state index >= 15 is 0 Å². The number of aliphatic hydroxyl groups excluding tert-OH is 2. The van der Waals surface area contributed by atoms with Crippen molar-refractivity contribution in [2.45, 2.75) is 302 Å². The number of allylic oxidation sites excluding steroid dienone is 10. The molecule has 0 saturated carbocycles. The molecule has 0 bridgehead atoms. The molecule has 1 saturated heterocycles. The van der Waals surface area contributed by atoms with Gasteiger partial charge in [-0.3, -0.25) is 14.4 Å². The maximum atomic E-state index is 13.1. The maximum Gasteiger partial charge on any atom is 0.335 e. The van der Waals surface area contributed by atoms with Gasteiger partial charge in [0.25, 0.3) is 0 Å². The summed E-state index contributed by atoms with van der Waals surface area (Å²) in [4.78, 5) is 51.1. The monoisotopic (exact) mass is 1060 g/mol. The van der Waals surface area contributed by atoms with Crippen LogP contribution >= 0.6 is 0 Å². The number of hydrogen-bond donors (Lipinski definition) is 3. The minimum absolute atomic E-state index is 0.0418. The topological polar surface area (TPSA) is 175 Å². The second kappa shape index (κ2) is 51.2. The Morgan fingerprint density at radius 2 is 0.800 bits per heavy atom. The van der Waals surface area contributed by atoms with Gasteiger partial charge < -0.3 is 39.0 Å². The average molecular weight is 1060 g/mol. The van der Waals surface area contributed by atoms with Gasteiger partial charge in [0.1, 0.15) is 18.8 Å². The second-order valence-corrected chi connectivity index (χ2v) is 20.6. The molecule has 3 N–H and O–H groups in total. The van der Waals surface area contributed by atoms with Crippen LogP contribution in [0, 0.1) is 0 Å². The van der Waals surface area contributed by atoms with Crippen LogP contribution in [0.2, 0.25) is 0 Å². The lowest BCUT2D eigenvalue weighted by molar-refractivity contribution is -0.301. The minimum atomic E-state index is -1.91. The molecule has 1 heterocycles. The number of ether oxygens (including phenoxy) is 5. The van der Waals surface area contributed by atoms with Crippen molar-refractivity contribution in [1.82, 2.24) is 0 Å². The zero-order valence-electron chi connectivity index (χ0n) is 47.5. The highest BCUT2D eigenvalue weighted by atomic mass is 16.7. The number of carbonyl (C=O) groups is 4. The lowest BCUT2D eigenvalue weighted by atomic mass is 9.98. The summed E-state index contributed by atoms with van der Waals surface area (Å²) in [5.74, 6) is -3.16. The first-order valence-electron chi connectivity index (χ1n) is 30.3. The van der Waals surface area contributed by atoms with Gasteiger partial charge in [-0.2, -0.15) is 0 Å². The van der Waals surface area contributed by atoms with E-state index in [0.717, 1.165) is 128 Å². The molecule has 432 valence electrons. The molecule has 6 atom stereocenters. The van der Waals surface area contributed by atoms with Crippen molar-refractivity contribution >= 4 is 23.9 Å². The average Bonchev–Trinajstić information content (AvgIpc) is 3.39. The largest absolute Gasteiger partial charge is 0.479 e. The van der Waals surface area contributed by atoms with E-state index < -0.39 is 67.3 Å². The quantitative estimate of drug-likeness (QED) is 0.0228. The fourth-order valence-electron chi connectivity index (χ4n) is 8.83. The van der Waals surface area contributed by atoms with E-state index in [1.807, 2.05) is 0 Å². The van der Waals surface area contributed by atoms with Crippen molar-refractivity contribution in [3.05, 3.63) is 60.8 Å². The molecule has 0 aromatic rings. The van der Waals surface area contributed by atoms with Crippen LogP contribution in [-0.2, 0) is 42.9 Å². The van der Waals surface area contributed by atoms with E-state index in [2.05, 4.69) is 81.5 Å². The first kappa shape index (κ1) is 69.4. The number of rotatable bonds is 51. The Hall–Kier alpha value is -3.58. The predicted molar refractivity (Wildman–Crippen MR) is 303 cm³/mol. The summed E-state index contributed by atoms with van der Waals surface area (Å²) in [7, 11) is 0. The molecule has 0 amide bonds. The molecular weight excluding hydrogens is 949 g/mol. The fraction of sp³-hybridized carbons (Fsp3) is 0.778. The molecule has 12 heteroatoms. The second-order valence-electron chi connectivity index (χ2n) is 20.6. The van der Waals surface area contributed by atoms with Gasteiger partial charge in [0.2, 0.25) is 0 Å². The van der Waals surface area contributed by atoms with Crippen molar-refractivity contribution in [3.63, 3.8) is 0 Å². The highest BCUT2D eigenvalue weighted by Crippen LogP contribution is 2.26. The Kier molecular flexibility index (Phi) is 47.4. The fourth-order valence-corrected chi connectivity index (χ4v) is 8.83. The Labute approximate surface area is 456 Å². The highest BCUT2D eigenvalue weighted by molar-refractivity contribution is 5.74. The van der Waals surface area contributed by atoms with Crippen LogP contribution in [0.15, 0.2) is 60.8 Å². The Bertz CT molecular complexity index is 1540. The number of carbonyl (C=O) groups excluding carboxylic acids is 3. The van der Waals surface area contributed by atoms with Crippen molar-refractivity contribution in [1.29, 1.82) is 0 Å². The van der Waals surface area contributed by atoms with E-state index in [4.69, 9.17) is 23.7 Å². The SMILES string of the molecule is CCCCC/C=C\C/C=C\CCCCCCCC(=O)OCC(COC1OC(C(=O)O)C(O)C(O)C1OC(=O)CCCCCCC/C=C\C/C=C\CCCCC)OC(=O)CCCCCCC/C=C\CCCCCCCC. The zero-order valence-corrected chi connectivity index (χ0v) is 47.5. The van der Waals surface area contributed by atoms with Gasteiger partial charge in [0.15, 0.2) is 24.6 Å². The number of unbranched alkanes of at least 4 members (excludes halogenated alkanes) is 27. The zero-order chi connectivity index (χ0) is 54.7. The summed E-state index contributed by atoms with van der Waals surface area (Å²) >= 11 is 0. The summed E-state index contributed by atoms with van der Waals surface area (Å²) in [6, 6.07) is 0. The smallest absolute Gasteiger partial charge is 0.335 e. The first-order chi connectivity index (χ1) is 36.6. The molecule has 6 unspecified atom stereocenters. The van der Waals surface area contributed by atoms with Crippen LogP contribution in [0.5, 0.6) is 0 Å². The summed E-state index contributed by atoms with van der Waals surface area (Å²) in [6.07, 6.45) is 50.4. The van der Waals surface area contributed by atoms with Crippen LogP contribution in [-0.4, -0.2) is 89.2 Å². The van der Waals surface area contributed by atoms with Crippen LogP contribution < -0.4 is 0 Å². The number of aliphatic hydroxyl groups is 2. The van der Waals surface area contributed by atoms with Crippen molar-refractivity contribution in [3.8, 4) is 0 Å². The predicted octanol–water partition coefficient (Wildman–Crippen LogP) is 15.6. The van der Waals surface area contributed by atoms with Crippen LogP contribution in [0.1, 0.15) is 265 Å². The minimum Gasteiger partial charge on any atom is -0.479 e. The first-order valence-corrected chi connectivity index (χ1v) is 30.3. The molecule has 0 radical (unpaired) electrons. The lowest BCUT2D eigenvalue weighted by Gasteiger charge is -2.40. The molecule has 75 heavy (non-hydrogen) atoms. The van der Waals surface area contributed by atoms with Gasteiger partial charge in [-0.15, -0.1) is 0 Å². The van der Waals surface area contributed by atoms with Crippen LogP contribution in [0.3, 0.4) is 0 Å². The van der Waals surface area contributed by atoms with Crippen molar-refractivity contribution in [2.75, 3.05) is 13.2 Å². The molecule has 12 nitrogen and oxygen atoms in total. The van der Waals surface area contributed by atoms with Gasteiger partial charge in [-0.25, -0.2) is 4.79 Å². The van der Waals surface area contributed by atoms with E-state index in [1.165, 1.54) is 77.0 Å². The third-order valence-electron chi connectivity index (χ3n) is 13.5. The molecule has 1 aliphatic heterocycles. The van der Waals surface area contributed by atoms with Gasteiger partial charge >= 0.3 is 23.9 Å². The normalized spacial score (nSPS) is 18.5. The summed E-state index contributed by atoms with van der Waals surface area (Å²) in [6.45, 7) is 5.92. The number of hydrogen-bond acceptors (Lipinski definition) is 11. The van der Waals surface area contributed by atoms with E-state index in [0.29, 0.717) is 19.3 Å². The number of aliphatic carboxylic acids is 1. The molecule has 1 aliphatic rings. The summed E-state index contributed by atoms with van der Waals surface area (Å²) < 4.78 is 28.4. The summed E-state index contributed by atoms with van der Waals surface area (Å²) in [5.41, 5.74) is 0. The van der Waals surface area contributed by atoms with Gasteiger partial charge in [-0.1, -0.05) is 197 Å². The maximum absolute atomic E-state index is 13.1. The highest BCUT2D eigenvalue weighted by Gasteiger charge is 2.50. The number of carboxylic acids is 1. The van der Waals surface area contributed by atoms with E-state index in [-0.39, 0.29) is 25.9 Å². The lowest BCUT2D eigenvalue weighted by Crippen LogP contribution is -2.61. The van der Waals surface area contributed by atoms with Crippen molar-refractivity contribution in [2.24, 2.45) is 0 Å². The Morgan fingerprint density at radius 3 is 1.24 bits per heavy atom. The third kappa shape index (κ3) is 41.2. The third-order valence-corrected chi connectivity index (χ3v) is 13.5. The molecule has 0 aliphatic carbocycles. The molecule has 0 aromatic heterocycles. The van der Waals surface area contributed by atoms with Crippen LogP contribution in [0.4, 0.5) is 0 Å². The number of carboxylic acid groups (broad SMARTS) is 1. The van der Waals surface area contributed by atoms with Gasteiger partial charge in [-0.05, 0) is 109 Å². The van der Waals surface area contributed by atoms with Crippen LogP contribution in [0.25, 0.3) is 0 Å². The van der Waals surface area contributed by atoms with Gasteiger partial charge in [0.05, 0.1) is 6.61 Å². The molecule has 1 fully saturated rings. The standard InChI is InChI=1S/C63H108O12/c1-4-7-10-13-16-19-22-25-28-31-34-37-40-43-46-49-55(64)71-52-54(73-56(65)50-47-44-41-38-35-32-29-26-23-20-17-14-11-8-5-2)53-72-63-61(59(68)58(67)60(75-63)62(69)70)74-57(66)51-48-45-42-39-36-33-30-27-24-21-18-15-12-9-6-3/h16,18-19,21,25-30,54,58-61,63,67-68H,4-15,17,20,22-24,31-53H2,1-3H3,(H,69,70)/b19-16-,21-18-,28-25-,29-26-,30-27-. The Morgan fingerprint density at radius 1 is 0.440 bits per heavy atom. The van der Waals surface area contributed by atoms with Crippen molar-refractivity contribution < 1.29 is 58.2 Å². The molecule has 0 aromatic carbocycles. The van der Waals surface area contributed by atoms with E-state index in [1.54, 1.807) is 0 Å². The molecule has 1 rings (SSSR count).